The maximum Gasteiger partial charge on any atom is 0.326 e. The Kier molecular flexibility index (Phi) is 19.9. The average molecular weight is 832 g/mol. The van der Waals surface area contributed by atoms with E-state index < -0.39 is 120 Å². The molecular weight excluding hydrogens is 770 g/mol. The van der Waals surface area contributed by atoms with Crippen LogP contribution in [0.1, 0.15) is 79.2 Å². The number of para-hydroxylation sites is 1. The second-order valence-corrected chi connectivity index (χ2v) is 15.3. The molecule has 0 aliphatic rings. The third-order valence-corrected chi connectivity index (χ3v) is 9.54. The number of benzene rings is 1. The first kappa shape index (κ1) is 49.5. The van der Waals surface area contributed by atoms with Crippen LogP contribution < -0.4 is 43.4 Å². The number of hydrogen-bond donors (Lipinski definition) is 12. The maximum absolute atomic E-state index is 13.8. The van der Waals surface area contributed by atoms with Gasteiger partial charge >= 0.3 is 11.9 Å². The van der Waals surface area contributed by atoms with Gasteiger partial charge in [0, 0.05) is 29.9 Å². The summed E-state index contributed by atoms with van der Waals surface area (Å²) in [5.74, 6) is -8.93. The van der Waals surface area contributed by atoms with Crippen molar-refractivity contribution in [3.63, 3.8) is 0 Å². The smallest absolute Gasteiger partial charge is 0.326 e. The largest absolute Gasteiger partial charge is 0.481 e. The molecule has 0 spiro atoms. The molecule has 1 aromatic heterocycles. The lowest BCUT2D eigenvalue weighted by atomic mass is 9.99. The minimum atomic E-state index is -1.66. The second-order valence-electron chi connectivity index (χ2n) is 15.3. The fourth-order valence-corrected chi connectivity index (χ4v) is 6.07. The van der Waals surface area contributed by atoms with E-state index in [-0.39, 0.29) is 12.8 Å². The zero-order valence-corrected chi connectivity index (χ0v) is 34.4. The summed E-state index contributed by atoms with van der Waals surface area (Å²) in [5, 5.41) is 45.3. The summed E-state index contributed by atoms with van der Waals surface area (Å²) in [6, 6.07) is -2.09. The number of aliphatic carboxylic acids is 2. The van der Waals surface area contributed by atoms with Crippen molar-refractivity contribution in [1.29, 1.82) is 0 Å². The molecule has 2 aromatic rings. The molecule has 0 aliphatic carbocycles. The quantitative estimate of drug-likeness (QED) is 0.0521. The molecule has 59 heavy (non-hydrogen) atoms. The summed E-state index contributed by atoms with van der Waals surface area (Å²) in [5.41, 5.74) is 12.7. The molecule has 20 heteroatoms. The van der Waals surface area contributed by atoms with Gasteiger partial charge in [0.15, 0.2) is 0 Å². The van der Waals surface area contributed by atoms with Crippen molar-refractivity contribution in [3.05, 3.63) is 36.0 Å². The van der Waals surface area contributed by atoms with Crippen LogP contribution in [0.4, 0.5) is 0 Å². The van der Waals surface area contributed by atoms with Crippen molar-refractivity contribution >= 4 is 58.3 Å². The average Bonchev–Trinajstić information content (AvgIpc) is 3.57. The molecule has 20 nitrogen and oxygen atoms in total. The number of carboxylic acid groups (broad SMARTS) is 2. The Morgan fingerprint density at radius 3 is 1.69 bits per heavy atom. The second kappa shape index (κ2) is 23.7. The molecule has 14 N–H and O–H groups in total. The Labute approximate surface area is 342 Å². The highest BCUT2D eigenvalue weighted by molar-refractivity contribution is 5.97. The number of nitrogens with two attached hydrogens (primary N) is 2. The first-order chi connectivity index (χ1) is 27.7. The number of carbonyl (C=O) groups is 8. The zero-order valence-electron chi connectivity index (χ0n) is 34.4. The summed E-state index contributed by atoms with van der Waals surface area (Å²) >= 11 is 0. The summed E-state index contributed by atoms with van der Waals surface area (Å²) in [6.07, 6.45) is 0.211. The molecule has 328 valence electrons. The van der Waals surface area contributed by atoms with E-state index in [1.165, 1.54) is 13.8 Å². The molecule has 8 atom stereocenters. The number of carboxylic acids is 2. The van der Waals surface area contributed by atoms with Gasteiger partial charge in [0.05, 0.1) is 12.1 Å². The molecule has 0 saturated carbocycles. The molecule has 0 unspecified atom stereocenters. The van der Waals surface area contributed by atoms with Gasteiger partial charge in [-0.3, -0.25) is 33.6 Å². The van der Waals surface area contributed by atoms with E-state index in [4.69, 9.17) is 11.5 Å². The Bertz CT molecular complexity index is 1780. The third kappa shape index (κ3) is 15.6. The molecule has 0 radical (unpaired) electrons. The SMILES string of the molecule is CC(C)[C@H](NC(=O)[C@H](CCC(=O)O)NC(=O)[C@H](Cc1c[nH]c2ccccc12)NC(=O)[C@H](C)N)C(=O)N[C@H](C(=O)N[C@H](C(=O)N[C@@H](CCCCN)C(=O)O)C(C)C)[C@@H](C)O. The minimum Gasteiger partial charge on any atom is -0.481 e. The number of fused-ring (bicyclic) bond motifs is 1. The fraction of sp³-hybridized carbons (Fsp3) is 0.590. The Balaban J connectivity index is 2.30. The summed E-state index contributed by atoms with van der Waals surface area (Å²) < 4.78 is 0. The van der Waals surface area contributed by atoms with E-state index in [0.717, 1.165) is 10.9 Å². The van der Waals surface area contributed by atoms with E-state index >= 15 is 0 Å². The lowest BCUT2D eigenvalue weighted by Gasteiger charge is -2.30. The van der Waals surface area contributed by atoms with Crippen molar-refractivity contribution in [2.75, 3.05) is 6.54 Å². The number of H-pyrrole nitrogens is 1. The monoisotopic (exact) mass is 831 g/mol. The molecule has 0 saturated heterocycles. The van der Waals surface area contributed by atoms with Crippen LogP contribution >= 0.6 is 0 Å². The third-order valence-electron chi connectivity index (χ3n) is 9.54. The van der Waals surface area contributed by atoms with Crippen LogP contribution in [0, 0.1) is 11.8 Å². The summed E-state index contributed by atoms with van der Waals surface area (Å²) in [6.45, 7) is 9.31. The van der Waals surface area contributed by atoms with Crippen molar-refractivity contribution in [3.8, 4) is 0 Å². The van der Waals surface area contributed by atoms with Crippen LogP contribution in [0.3, 0.4) is 0 Å². The number of aliphatic hydroxyl groups excluding tert-OH is 1. The van der Waals surface area contributed by atoms with E-state index in [9.17, 15) is 53.7 Å². The zero-order chi connectivity index (χ0) is 44.6. The first-order valence-electron chi connectivity index (χ1n) is 19.6. The fourth-order valence-electron chi connectivity index (χ4n) is 6.07. The van der Waals surface area contributed by atoms with E-state index in [1.807, 2.05) is 18.2 Å². The van der Waals surface area contributed by atoms with Gasteiger partial charge in [-0.15, -0.1) is 0 Å². The highest BCUT2D eigenvalue weighted by atomic mass is 16.4. The Hall–Kier alpha value is -5.60. The van der Waals surface area contributed by atoms with Gasteiger partial charge in [0.25, 0.3) is 0 Å². The number of unbranched alkanes of at least 4 members (excludes halogenated alkanes) is 1. The topological polar surface area (TPSA) is 337 Å². The van der Waals surface area contributed by atoms with Crippen LogP contribution in [0.25, 0.3) is 10.9 Å². The number of rotatable bonds is 25. The van der Waals surface area contributed by atoms with E-state index in [2.05, 4.69) is 36.9 Å². The maximum atomic E-state index is 13.8. The van der Waals surface area contributed by atoms with Gasteiger partial charge < -0.3 is 63.7 Å². The number of aliphatic hydroxyl groups is 1. The van der Waals surface area contributed by atoms with Crippen LogP contribution in [0.2, 0.25) is 0 Å². The van der Waals surface area contributed by atoms with E-state index in [1.54, 1.807) is 40.0 Å². The summed E-state index contributed by atoms with van der Waals surface area (Å²) in [7, 11) is 0. The standard InChI is InChI=1S/C39H61N9O11/c1-19(2)30(36(55)44-27(39(58)59)13-9-10-16-40)47-38(57)32(22(6)49)48-37(56)31(20(3)4)46-34(53)26(14-15-29(50)51)43-35(54)28(45-33(52)21(5)41)17-23-18-42-25-12-8-7-11-24(23)25/h7-8,11-12,18-22,26-28,30-32,42,49H,9-10,13-17,40-41H2,1-6H3,(H,43,54)(H,44,55)(H,45,52)(H,46,53)(H,47,57)(H,48,56)(H,50,51)(H,58,59)/t21-,22+,26-,27-,28-,30-,31-,32-/m0/s1. The van der Waals surface area contributed by atoms with Gasteiger partial charge in [-0.2, -0.15) is 0 Å². The van der Waals surface area contributed by atoms with Gasteiger partial charge in [-0.1, -0.05) is 45.9 Å². The van der Waals surface area contributed by atoms with Gasteiger partial charge in [0.2, 0.25) is 35.4 Å². The van der Waals surface area contributed by atoms with Crippen LogP contribution in [-0.4, -0.2) is 123 Å². The van der Waals surface area contributed by atoms with Gasteiger partial charge in [-0.25, -0.2) is 4.79 Å². The van der Waals surface area contributed by atoms with Crippen molar-refractivity contribution in [2.24, 2.45) is 23.3 Å². The predicted octanol–water partition coefficient (Wildman–Crippen LogP) is -1.26. The highest BCUT2D eigenvalue weighted by Gasteiger charge is 2.36. The van der Waals surface area contributed by atoms with Crippen LogP contribution in [0.15, 0.2) is 30.5 Å². The minimum absolute atomic E-state index is 0.0321. The number of carbonyl (C=O) groups excluding carboxylic acids is 6. The number of aromatic amines is 1. The lowest BCUT2D eigenvalue weighted by Crippen LogP contribution is -2.62. The molecule has 0 aliphatic heterocycles. The van der Waals surface area contributed by atoms with Crippen LogP contribution in [-0.2, 0) is 44.8 Å². The molecule has 0 bridgehead atoms. The number of aromatic nitrogens is 1. The molecular formula is C39H61N9O11. The van der Waals surface area contributed by atoms with Crippen molar-refractivity contribution < 1.29 is 53.7 Å². The molecule has 0 fully saturated rings. The van der Waals surface area contributed by atoms with Crippen molar-refractivity contribution in [1.82, 2.24) is 36.9 Å². The van der Waals surface area contributed by atoms with Gasteiger partial charge in [-0.05, 0) is 69.5 Å². The Morgan fingerprint density at radius 1 is 0.644 bits per heavy atom. The molecule has 6 amide bonds. The first-order valence-corrected chi connectivity index (χ1v) is 19.6. The molecule has 1 aromatic carbocycles. The lowest BCUT2D eigenvalue weighted by molar-refractivity contribution is -0.143. The highest BCUT2D eigenvalue weighted by Crippen LogP contribution is 2.19. The normalized spacial score (nSPS) is 15.4. The number of amides is 6. The number of nitrogens with one attached hydrogen (secondary N) is 7. The number of hydrogen-bond acceptors (Lipinski definition) is 11. The molecule has 2 rings (SSSR count). The van der Waals surface area contributed by atoms with Crippen LogP contribution in [0.5, 0.6) is 0 Å². The predicted molar refractivity (Wildman–Crippen MR) is 216 cm³/mol. The van der Waals surface area contributed by atoms with Gasteiger partial charge in [0.1, 0.15) is 36.3 Å². The van der Waals surface area contributed by atoms with E-state index in [0.29, 0.717) is 24.9 Å². The summed E-state index contributed by atoms with van der Waals surface area (Å²) in [4.78, 5) is 107. The Morgan fingerprint density at radius 2 is 1.15 bits per heavy atom. The molecule has 1 heterocycles. The van der Waals surface area contributed by atoms with Crippen molar-refractivity contribution in [2.45, 2.75) is 128 Å².